The van der Waals surface area contributed by atoms with Crippen LogP contribution in [0.3, 0.4) is 0 Å². The lowest BCUT2D eigenvalue weighted by atomic mass is 10.0. The summed E-state index contributed by atoms with van der Waals surface area (Å²) in [5, 5.41) is 0.694. The quantitative estimate of drug-likeness (QED) is 0.837. The van der Waals surface area contributed by atoms with Crippen LogP contribution in [0, 0.1) is 6.92 Å². The van der Waals surface area contributed by atoms with Crippen LogP contribution in [0.1, 0.15) is 5.56 Å². The fraction of sp³-hybridized carbons (Fsp3) is 0.0769. The van der Waals surface area contributed by atoms with Crippen molar-refractivity contribution in [3.8, 4) is 11.1 Å². The highest BCUT2D eigenvalue weighted by atomic mass is 35.5. The highest BCUT2D eigenvalue weighted by Crippen LogP contribution is 2.26. The number of rotatable bonds is 2. The topological polar surface area (TPSA) is 37.3 Å². The highest BCUT2D eigenvalue weighted by molar-refractivity contribution is 7.79. The van der Waals surface area contributed by atoms with Crippen molar-refractivity contribution in [1.82, 2.24) is 0 Å². The molecule has 2 rings (SSSR count). The van der Waals surface area contributed by atoms with Gasteiger partial charge < -0.3 is 4.55 Å². The molecule has 0 radical (unpaired) electrons. The van der Waals surface area contributed by atoms with E-state index in [1.165, 1.54) is 0 Å². The van der Waals surface area contributed by atoms with Crippen molar-refractivity contribution in [3.05, 3.63) is 53.1 Å². The van der Waals surface area contributed by atoms with E-state index in [4.69, 9.17) is 16.2 Å². The standard InChI is InChI=1S/C13H11ClO2S/c1-9-8-12(17(15)16)6-7-13(9)10-2-4-11(14)5-3-10/h2-8H,1H3,(H,15,16). The van der Waals surface area contributed by atoms with Gasteiger partial charge in [-0.2, -0.15) is 0 Å². The van der Waals surface area contributed by atoms with E-state index in [0.29, 0.717) is 9.92 Å². The van der Waals surface area contributed by atoms with Crippen molar-refractivity contribution in [3.63, 3.8) is 0 Å². The average molecular weight is 267 g/mol. The molecule has 0 aliphatic heterocycles. The van der Waals surface area contributed by atoms with Gasteiger partial charge in [-0.05, 0) is 47.9 Å². The first-order chi connectivity index (χ1) is 8.08. The molecule has 0 aliphatic carbocycles. The zero-order chi connectivity index (χ0) is 12.4. The summed E-state index contributed by atoms with van der Waals surface area (Å²) in [7, 11) is 0. The second-order valence-electron chi connectivity index (χ2n) is 3.73. The molecular formula is C13H11ClO2S. The Morgan fingerprint density at radius 3 is 2.29 bits per heavy atom. The SMILES string of the molecule is Cc1cc(S(=O)O)ccc1-c1ccc(Cl)cc1. The Balaban J connectivity index is 2.46. The largest absolute Gasteiger partial charge is 0.302 e. The maximum Gasteiger partial charge on any atom is 0.186 e. The predicted molar refractivity (Wildman–Crippen MR) is 70.7 cm³/mol. The predicted octanol–water partition coefficient (Wildman–Crippen LogP) is 3.90. The molecular weight excluding hydrogens is 256 g/mol. The molecule has 1 atom stereocenters. The van der Waals surface area contributed by atoms with Crippen molar-refractivity contribution >= 4 is 22.7 Å². The summed E-state index contributed by atoms with van der Waals surface area (Å²) in [4.78, 5) is 0.417. The Hall–Kier alpha value is -1.16. The minimum absolute atomic E-state index is 0.417. The lowest BCUT2D eigenvalue weighted by molar-refractivity contribution is 0.564. The van der Waals surface area contributed by atoms with Crippen molar-refractivity contribution in [2.24, 2.45) is 0 Å². The van der Waals surface area contributed by atoms with Gasteiger partial charge in [-0.15, -0.1) is 0 Å². The Labute approximate surface area is 108 Å². The third-order valence-electron chi connectivity index (χ3n) is 2.55. The van der Waals surface area contributed by atoms with Gasteiger partial charge in [-0.3, -0.25) is 0 Å². The van der Waals surface area contributed by atoms with Crippen LogP contribution in [0.2, 0.25) is 5.02 Å². The average Bonchev–Trinajstić information content (AvgIpc) is 2.30. The van der Waals surface area contributed by atoms with Crippen molar-refractivity contribution in [2.75, 3.05) is 0 Å². The summed E-state index contributed by atoms with van der Waals surface area (Å²) in [6, 6.07) is 12.7. The van der Waals surface area contributed by atoms with Gasteiger partial charge in [0.1, 0.15) is 0 Å². The fourth-order valence-corrected chi connectivity index (χ4v) is 2.29. The summed E-state index contributed by atoms with van der Waals surface area (Å²) in [5.41, 5.74) is 3.05. The van der Waals surface area contributed by atoms with Gasteiger partial charge >= 0.3 is 0 Å². The maximum atomic E-state index is 10.9. The lowest BCUT2D eigenvalue weighted by Gasteiger charge is -2.07. The van der Waals surface area contributed by atoms with Crippen LogP contribution in [0.15, 0.2) is 47.4 Å². The van der Waals surface area contributed by atoms with Crippen LogP contribution in [0.25, 0.3) is 11.1 Å². The number of hydrogen-bond donors (Lipinski definition) is 1. The second kappa shape index (κ2) is 5.00. The smallest absolute Gasteiger partial charge is 0.186 e. The number of benzene rings is 2. The summed E-state index contributed by atoms with van der Waals surface area (Å²) in [6.07, 6.45) is 0. The Morgan fingerprint density at radius 2 is 1.76 bits per heavy atom. The Bertz CT molecular complexity index is 564. The molecule has 0 fully saturated rings. The van der Waals surface area contributed by atoms with E-state index in [2.05, 4.69) is 0 Å². The van der Waals surface area contributed by atoms with Crippen LogP contribution in [0.4, 0.5) is 0 Å². The zero-order valence-electron chi connectivity index (χ0n) is 9.18. The summed E-state index contributed by atoms with van der Waals surface area (Å²) >= 11 is 3.90. The van der Waals surface area contributed by atoms with Gasteiger partial charge in [0.25, 0.3) is 0 Å². The molecule has 0 aromatic heterocycles. The molecule has 2 aromatic carbocycles. The van der Waals surface area contributed by atoms with Crippen LogP contribution >= 0.6 is 11.6 Å². The zero-order valence-corrected chi connectivity index (χ0v) is 10.8. The first kappa shape index (κ1) is 12.3. The highest BCUT2D eigenvalue weighted by Gasteiger charge is 2.05. The van der Waals surface area contributed by atoms with Crippen molar-refractivity contribution in [2.45, 2.75) is 11.8 Å². The minimum atomic E-state index is -1.93. The van der Waals surface area contributed by atoms with E-state index in [-0.39, 0.29) is 0 Å². The monoisotopic (exact) mass is 266 g/mol. The molecule has 1 N–H and O–H groups in total. The minimum Gasteiger partial charge on any atom is -0.302 e. The van der Waals surface area contributed by atoms with E-state index in [1.54, 1.807) is 12.1 Å². The van der Waals surface area contributed by atoms with E-state index in [1.807, 2.05) is 37.3 Å². The van der Waals surface area contributed by atoms with Crippen LogP contribution in [-0.2, 0) is 11.1 Å². The molecule has 0 saturated carbocycles. The van der Waals surface area contributed by atoms with E-state index < -0.39 is 11.1 Å². The molecule has 0 aliphatic rings. The Kier molecular flexibility index (Phi) is 3.62. The Morgan fingerprint density at radius 1 is 1.12 bits per heavy atom. The molecule has 0 spiro atoms. The van der Waals surface area contributed by atoms with Gasteiger partial charge in [0.05, 0.1) is 4.90 Å². The van der Waals surface area contributed by atoms with E-state index in [9.17, 15) is 4.21 Å². The second-order valence-corrected chi connectivity index (χ2v) is 5.14. The lowest BCUT2D eigenvalue weighted by Crippen LogP contribution is -1.91. The van der Waals surface area contributed by atoms with E-state index in [0.717, 1.165) is 16.7 Å². The van der Waals surface area contributed by atoms with Crippen molar-refractivity contribution < 1.29 is 8.76 Å². The first-order valence-electron chi connectivity index (χ1n) is 5.05. The van der Waals surface area contributed by atoms with Gasteiger partial charge in [0.2, 0.25) is 0 Å². The molecule has 17 heavy (non-hydrogen) atoms. The molecule has 2 aromatic rings. The summed E-state index contributed by atoms with van der Waals surface area (Å²) < 4.78 is 19.9. The van der Waals surface area contributed by atoms with Gasteiger partial charge in [-0.1, -0.05) is 29.8 Å². The molecule has 0 saturated heterocycles. The molecule has 0 heterocycles. The molecule has 0 bridgehead atoms. The van der Waals surface area contributed by atoms with E-state index >= 15 is 0 Å². The number of hydrogen-bond acceptors (Lipinski definition) is 1. The van der Waals surface area contributed by atoms with Gasteiger partial charge in [0.15, 0.2) is 11.1 Å². The van der Waals surface area contributed by atoms with Crippen LogP contribution in [0.5, 0.6) is 0 Å². The van der Waals surface area contributed by atoms with Gasteiger partial charge in [-0.25, -0.2) is 4.21 Å². The molecule has 4 heteroatoms. The van der Waals surface area contributed by atoms with Crippen LogP contribution in [-0.4, -0.2) is 8.76 Å². The molecule has 0 amide bonds. The maximum absolute atomic E-state index is 10.9. The van der Waals surface area contributed by atoms with Crippen molar-refractivity contribution in [1.29, 1.82) is 0 Å². The van der Waals surface area contributed by atoms with Gasteiger partial charge in [0, 0.05) is 5.02 Å². The third-order valence-corrected chi connectivity index (χ3v) is 3.46. The van der Waals surface area contributed by atoms with Crippen LogP contribution < -0.4 is 0 Å². The molecule has 1 unspecified atom stereocenters. The fourth-order valence-electron chi connectivity index (χ4n) is 1.70. The molecule has 88 valence electrons. The summed E-state index contributed by atoms with van der Waals surface area (Å²) in [5.74, 6) is 0. The first-order valence-corrected chi connectivity index (χ1v) is 6.54. The number of aryl methyl sites for hydroxylation is 1. The third kappa shape index (κ3) is 2.75. The number of halogens is 1. The molecule has 2 nitrogen and oxygen atoms in total. The normalized spacial score (nSPS) is 12.4. The summed E-state index contributed by atoms with van der Waals surface area (Å²) in [6.45, 7) is 1.92.